The van der Waals surface area contributed by atoms with Gasteiger partial charge in [0, 0.05) is 19.1 Å². The van der Waals surface area contributed by atoms with Crippen LogP contribution in [-0.4, -0.2) is 11.0 Å². The van der Waals surface area contributed by atoms with E-state index in [4.69, 9.17) is 0 Å². The summed E-state index contributed by atoms with van der Waals surface area (Å²) in [5.74, 6) is -0.487. The lowest BCUT2D eigenvalue weighted by molar-refractivity contribution is 0.102. The Balaban J connectivity index is 2.37. The number of aromatic hydroxyl groups is 1. The average Bonchev–Trinajstić information content (AvgIpc) is 2.37. The molecule has 0 aliphatic heterocycles. The van der Waals surface area contributed by atoms with Gasteiger partial charge >= 0.3 is 0 Å². The maximum atomic E-state index is 12.2. The van der Waals surface area contributed by atoms with Crippen molar-refractivity contribution in [1.29, 1.82) is 0 Å². The first-order chi connectivity index (χ1) is 9.00. The lowest BCUT2D eigenvalue weighted by atomic mass is 10.2. The summed E-state index contributed by atoms with van der Waals surface area (Å²) in [5.41, 5.74) is 0.844. The van der Waals surface area contributed by atoms with Gasteiger partial charge in [-0.3, -0.25) is 4.79 Å². The summed E-state index contributed by atoms with van der Waals surface area (Å²) in [6.45, 7) is 0. The van der Waals surface area contributed by atoms with Crippen molar-refractivity contribution >= 4 is 59.4 Å². The number of carbonyl (C=O) groups is 1. The van der Waals surface area contributed by atoms with Gasteiger partial charge < -0.3 is 10.4 Å². The van der Waals surface area contributed by atoms with Crippen LogP contribution >= 0.6 is 47.8 Å². The van der Waals surface area contributed by atoms with Crippen LogP contribution in [0.25, 0.3) is 0 Å². The molecule has 0 bridgehead atoms. The third kappa shape index (κ3) is 3.19. The summed E-state index contributed by atoms with van der Waals surface area (Å²) in [7, 11) is 0. The summed E-state index contributed by atoms with van der Waals surface area (Å²) in [6, 6.07) is 10.5. The van der Waals surface area contributed by atoms with Crippen LogP contribution in [0, 0.1) is 0 Å². The number of hydrogen-bond acceptors (Lipinski definition) is 2. The minimum atomic E-state index is -0.385. The molecule has 0 radical (unpaired) electrons. The van der Waals surface area contributed by atoms with Crippen LogP contribution in [0.2, 0.25) is 0 Å². The third-order valence-electron chi connectivity index (χ3n) is 2.40. The van der Waals surface area contributed by atoms with E-state index in [9.17, 15) is 9.90 Å². The minimum absolute atomic E-state index is 0.101. The predicted molar refractivity (Wildman–Crippen MR) is 85.6 cm³/mol. The molecule has 0 aliphatic carbocycles. The molecule has 0 saturated heterocycles. The number of benzene rings is 2. The van der Waals surface area contributed by atoms with E-state index in [1.807, 2.05) is 18.2 Å². The molecule has 2 rings (SSSR count). The molecule has 98 valence electrons. The van der Waals surface area contributed by atoms with Crippen LogP contribution in [-0.2, 0) is 0 Å². The Kier molecular flexibility index (Phi) is 4.65. The molecule has 0 fully saturated rings. The fraction of sp³-hybridized carbons (Fsp3) is 0. The highest BCUT2D eigenvalue weighted by atomic mass is 79.9. The Bertz CT molecular complexity index is 630. The van der Waals surface area contributed by atoms with Crippen LogP contribution in [0.15, 0.2) is 49.8 Å². The summed E-state index contributed by atoms with van der Waals surface area (Å²) in [5, 5.41) is 12.6. The molecule has 0 unspecified atom stereocenters. The molecule has 0 heterocycles. The van der Waals surface area contributed by atoms with E-state index in [-0.39, 0.29) is 17.2 Å². The number of amides is 1. The molecule has 3 nitrogen and oxygen atoms in total. The average molecular weight is 450 g/mol. The molecule has 19 heavy (non-hydrogen) atoms. The van der Waals surface area contributed by atoms with E-state index < -0.39 is 0 Å². The number of carbonyl (C=O) groups excluding carboxylic acids is 1. The van der Waals surface area contributed by atoms with Gasteiger partial charge in [-0.15, -0.1) is 0 Å². The van der Waals surface area contributed by atoms with Crippen LogP contribution in [0.5, 0.6) is 5.75 Å². The second kappa shape index (κ2) is 6.07. The van der Waals surface area contributed by atoms with Gasteiger partial charge in [-0.25, -0.2) is 0 Å². The van der Waals surface area contributed by atoms with Gasteiger partial charge in [-0.1, -0.05) is 18.2 Å². The van der Waals surface area contributed by atoms with Crippen molar-refractivity contribution < 1.29 is 9.90 Å². The second-order valence-corrected chi connectivity index (χ2v) is 6.14. The van der Waals surface area contributed by atoms with Crippen LogP contribution in [0.3, 0.4) is 0 Å². The van der Waals surface area contributed by atoms with E-state index in [1.165, 1.54) is 6.07 Å². The minimum Gasteiger partial charge on any atom is -0.507 e. The van der Waals surface area contributed by atoms with Gasteiger partial charge in [0.05, 0.1) is 5.56 Å². The van der Waals surface area contributed by atoms with Crippen molar-refractivity contribution in [2.24, 2.45) is 0 Å². The van der Waals surface area contributed by atoms with E-state index in [1.54, 1.807) is 12.1 Å². The lowest BCUT2D eigenvalue weighted by Crippen LogP contribution is -2.13. The molecular weight excluding hydrogens is 442 g/mol. The molecule has 0 atom stereocenters. The molecule has 2 N–H and O–H groups in total. The first-order valence-electron chi connectivity index (χ1n) is 5.23. The fourth-order valence-electron chi connectivity index (χ4n) is 1.51. The summed E-state index contributed by atoms with van der Waals surface area (Å²) in [4.78, 5) is 12.2. The number of rotatable bonds is 2. The molecule has 2 aromatic carbocycles. The Morgan fingerprint density at radius 3 is 2.32 bits per heavy atom. The van der Waals surface area contributed by atoms with Gasteiger partial charge in [0.25, 0.3) is 5.91 Å². The molecule has 6 heteroatoms. The highest BCUT2D eigenvalue weighted by Gasteiger charge is 2.19. The normalized spacial score (nSPS) is 10.3. The molecule has 1 amide bonds. The number of hydrogen-bond donors (Lipinski definition) is 2. The number of para-hydroxylation sites is 1. The van der Waals surface area contributed by atoms with E-state index in [0.717, 1.165) is 0 Å². The third-order valence-corrected chi connectivity index (χ3v) is 5.71. The van der Waals surface area contributed by atoms with E-state index in [2.05, 4.69) is 53.1 Å². The fourth-order valence-corrected chi connectivity index (χ4v) is 3.10. The number of phenols is 1. The van der Waals surface area contributed by atoms with Crippen molar-refractivity contribution in [3.63, 3.8) is 0 Å². The van der Waals surface area contributed by atoms with E-state index in [0.29, 0.717) is 19.1 Å². The predicted octanol–water partition coefficient (Wildman–Crippen LogP) is 4.93. The summed E-state index contributed by atoms with van der Waals surface area (Å²) >= 11 is 9.91. The smallest absolute Gasteiger partial charge is 0.260 e. The molecule has 0 aromatic heterocycles. The number of phenolic OH excluding ortho intramolecular Hbond substituents is 1. The maximum absolute atomic E-state index is 12.2. The molecular formula is C13H8Br3NO2. The summed E-state index contributed by atoms with van der Waals surface area (Å²) < 4.78 is 1.82. The lowest BCUT2D eigenvalue weighted by Gasteiger charge is -2.11. The molecule has 0 saturated carbocycles. The Labute approximate surface area is 135 Å². The van der Waals surface area contributed by atoms with Crippen molar-refractivity contribution in [2.45, 2.75) is 0 Å². The molecule has 0 spiro atoms. The largest absolute Gasteiger partial charge is 0.507 e. The van der Waals surface area contributed by atoms with Gasteiger partial charge in [0.1, 0.15) is 5.75 Å². The van der Waals surface area contributed by atoms with Crippen LogP contribution in [0.1, 0.15) is 10.4 Å². The first-order valence-corrected chi connectivity index (χ1v) is 7.61. The molecule has 2 aromatic rings. The Hall–Kier alpha value is -0.850. The first kappa shape index (κ1) is 14.6. The Morgan fingerprint density at radius 1 is 1.05 bits per heavy atom. The maximum Gasteiger partial charge on any atom is 0.260 e. The number of nitrogens with one attached hydrogen (secondary N) is 1. The zero-order valence-corrected chi connectivity index (χ0v) is 14.2. The monoisotopic (exact) mass is 447 g/mol. The SMILES string of the molecule is O=C(Nc1ccccc1)c1c(O)cc(Br)c(Br)c1Br. The molecule has 0 aliphatic rings. The van der Waals surface area contributed by atoms with Gasteiger partial charge in [-0.2, -0.15) is 0 Å². The summed E-state index contributed by atoms with van der Waals surface area (Å²) in [6.07, 6.45) is 0. The second-order valence-electron chi connectivity index (χ2n) is 3.70. The topological polar surface area (TPSA) is 49.3 Å². The van der Waals surface area contributed by atoms with Gasteiger partial charge in [0.2, 0.25) is 0 Å². The number of anilines is 1. The quantitative estimate of drug-likeness (QED) is 0.638. The highest BCUT2D eigenvalue weighted by Crippen LogP contribution is 2.39. The van der Waals surface area contributed by atoms with Crippen molar-refractivity contribution in [1.82, 2.24) is 0 Å². The standard InChI is InChI=1S/C13H8Br3NO2/c14-8-6-9(18)10(12(16)11(8)15)13(19)17-7-4-2-1-3-5-7/h1-6,18H,(H,17,19). The Morgan fingerprint density at radius 2 is 1.68 bits per heavy atom. The zero-order valence-electron chi connectivity index (χ0n) is 9.45. The highest BCUT2D eigenvalue weighted by molar-refractivity contribution is 9.14. The number of halogens is 3. The van der Waals surface area contributed by atoms with Crippen molar-refractivity contribution in [2.75, 3.05) is 5.32 Å². The van der Waals surface area contributed by atoms with E-state index >= 15 is 0 Å². The zero-order chi connectivity index (χ0) is 14.0. The van der Waals surface area contributed by atoms with Gasteiger partial charge in [-0.05, 0) is 66.0 Å². The van der Waals surface area contributed by atoms with Crippen molar-refractivity contribution in [3.05, 3.63) is 55.4 Å². The van der Waals surface area contributed by atoms with Crippen LogP contribution < -0.4 is 5.32 Å². The van der Waals surface area contributed by atoms with Crippen molar-refractivity contribution in [3.8, 4) is 5.75 Å². The van der Waals surface area contributed by atoms with Gasteiger partial charge in [0.15, 0.2) is 0 Å². The van der Waals surface area contributed by atoms with Crippen LogP contribution in [0.4, 0.5) is 5.69 Å².